The summed E-state index contributed by atoms with van der Waals surface area (Å²) in [6.07, 6.45) is 8.37. The summed E-state index contributed by atoms with van der Waals surface area (Å²) in [5.74, 6) is 0.605. The fraction of sp³-hybridized carbons (Fsp3) is 0.929. The Labute approximate surface area is 104 Å². The van der Waals surface area contributed by atoms with E-state index in [9.17, 15) is 4.79 Å². The summed E-state index contributed by atoms with van der Waals surface area (Å²) in [5.41, 5.74) is 0. The average Bonchev–Trinajstić information content (AvgIpc) is 2.77. The molecule has 0 radical (unpaired) electrons. The number of likely N-dealkylation sites (tertiary alicyclic amines) is 1. The molecule has 2 unspecified atom stereocenters. The summed E-state index contributed by atoms with van der Waals surface area (Å²) in [5, 5.41) is 8.83. The van der Waals surface area contributed by atoms with Crippen LogP contribution in [-0.4, -0.2) is 35.1 Å². The van der Waals surface area contributed by atoms with Crippen LogP contribution >= 0.6 is 0 Å². The second-order valence-corrected chi connectivity index (χ2v) is 5.89. The molecule has 2 atom stereocenters. The number of aliphatic carboxylic acids is 1. The highest BCUT2D eigenvalue weighted by Crippen LogP contribution is 2.31. The van der Waals surface area contributed by atoms with Crippen molar-refractivity contribution < 1.29 is 9.90 Å². The van der Waals surface area contributed by atoms with Gasteiger partial charge in [-0.15, -0.1) is 0 Å². The molecule has 1 saturated heterocycles. The molecule has 1 heterocycles. The first-order chi connectivity index (χ1) is 8.16. The van der Waals surface area contributed by atoms with Crippen molar-refractivity contribution in [2.24, 2.45) is 11.8 Å². The molecule has 1 aliphatic heterocycles. The molecule has 1 aliphatic carbocycles. The summed E-state index contributed by atoms with van der Waals surface area (Å²) in [7, 11) is 0. The first-order valence-electron chi connectivity index (χ1n) is 7.12. The van der Waals surface area contributed by atoms with Crippen LogP contribution in [0.2, 0.25) is 0 Å². The van der Waals surface area contributed by atoms with Crippen molar-refractivity contribution in [3.05, 3.63) is 0 Å². The summed E-state index contributed by atoms with van der Waals surface area (Å²) in [6, 6.07) is 0.661. The lowest BCUT2D eigenvalue weighted by Crippen LogP contribution is -2.37. The Kier molecular flexibility index (Phi) is 4.43. The largest absolute Gasteiger partial charge is 0.481 e. The van der Waals surface area contributed by atoms with E-state index in [1.165, 1.54) is 32.1 Å². The number of hydrogen-bond acceptors (Lipinski definition) is 2. The van der Waals surface area contributed by atoms with Crippen molar-refractivity contribution in [3.63, 3.8) is 0 Å². The van der Waals surface area contributed by atoms with Gasteiger partial charge < -0.3 is 10.0 Å². The highest BCUT2D eigenvalue weighted by atomic mass is 16.4. The third kappa shape index (κ3) is 3.44. The average molecular weight is 239 g/mol. The van der Waals surface area contributed by atoms with Gasteiger partial charge in [0.25, 0.3) is 0 Å². The summed E-state index contributed by atoms with van der Waals surface area (Å²) in [6.45, 7) is 4.46. The number of carbonyl (C=O) groups is 1. The van der Waals surface area contributed by atoms with Gasteiger partial charge in [-0.3, -0.25) is 4.79 Å². The van der Waals surface area contributed by atoms with Gasteiger partial charge in [0, 0.05) is 19.0 Å². The van der Waals surface area contributed by atoms with Gasteiger partial charge in [-0.05, 0) is 44.6 Å². The van der Waals surface area contributed by atoms with Gasteiger partial charge in [-0.1, -0.05) is 19.3 Å². The van der Waals surface area contributed by atoms with Gasteiger partial charge in [-0.2, -0.15) is 0 Å². The van der Waals surface area contributed by atoms with Gasteiger partial charge >= 0.3 is 5.97 Å². The second-order valence-electron chi connectivity index (χ2n) is 5.89. The zero-order valence-corrected chi connectivity index (χ0v) is 10.9. The minimum absolute atomic E-state index is 0.355. The predicted molar refractivity (Wildman–Crippen MR) is 68.0 cm³/mol. The Morgan fingerprint density at radius 1 is 1.29 bits per heavy atom. The molecule has 0 bridgehead atoms. The van der Waals surface area contributed by atoms with E-state index in [4.69, 9.17) is 5.11 Å². The number of nitrogens with zero attached hydrogens (tertiary/aromatic N) is 1. The maximum absolute atomic E-state index is 10.7. The number of rotatable bonds is 4. The SMILES string of the molecule is CC(C1CCCCC1)N1CCC(CC(=O)O)C1. The number of carboxylic acid groups (broad SMARTS) is 1. The molecule has 2 rings (SSSR count). The third-order valence-corrected chi connectivity index (χ3v) is 4.69. The molecule has 2 fully saturated rings. The fourth-order valence-electron chi connectivity index (χ4n) is 3.56. The standard InChI is InChI=1S/C14H25NO2/c1-11(13-5-3-2-4-6-13)15-8-7-12(10-15)9-14(16)17/h11-13H,2-10H2,1H3,(H,16,17). The van der Waals surface area contributed by atoms with Crippen LogP contribution in [0.15, 0.2) is 0 Å². The Balaban J connectivity index is 1.80. The lowest BCUT2D eigenvalue weighted by Gasteiger charge is -2.34. The van der Waals surface area contributed by atoms with Crippen molar-refractivity contribution in [3.8, 4) is 0 Å². The third-order valence-electron chi connectivity index (χ3n) is 4.69. The topological polar surface area (TPSA) is 40.5 Å². The number of carboxylic acids is 1. The first-order valence-corrected chi connectivity index (χ1v) is 7.12. The monoisotopic (exact) mass is 239 g/mol. The van der Waals surface area contributed by atoms with Crippen LogP contribution in [0.5, 0.6) is 0 Å². The van der Waals surface area contributed by atoms with Crippen molar-refractivity contribution >= 4 is 5.97 Å². The van der Waals surface area contributed by atoms with Crippen LogP contribution in [0.3, 0.4) is 0 Å². The summed E-state index contributed by atoms with van der Waals surface area (Å²) >= 11 is 0. The molecule has 1 N–H and O–H groups in total. The molecule has 0 aromatic heterocycles. The van der Waals surface area contributed by atoms with Crippen LogP contribution in [-0.2, 0) is 4.79 Å². The summed E-state index contributed by atoms with van der Waals surface area (Å²) < 4.78 is 0. The van der Waals surface area contributed by atoms with Crippen molar-refractivity contribution in [2.75, 3.05) is 13.1 Å². The van der Waals surface area contributed by atoms with Crippen LogP contribution in [0, 0.1) is 11.8 Å². The van der Waals surface area contributed by atoms with Gasteiger partial charge in [0.05, 0.1) is 0 Å². The van der Waals surface area contributed by atoms with Gasteiger partial charge in [0.2, 0.25) is 0 Å². The molecular formula is C14H25NO2. The molecule has 98 valence electrons. The molecule has 3 heteroatoms. The van der Waals surface area contributed by atoms with E-state index < -0.39 is 5.97 Å². The first kappa shape index (κ1) is 12.9. The normalized spacial score (nSPS) is 29.4. The quantitative estimate of drug-likeness (QED) is 0.820. The van der Waals surface area contributed by atoms with Gasteiger partial charge in [-0.25, -0.2) is 0 Å². The van der Waals surface area contributed by atoms with Crippen molar-refractivity contribution in [1.82, 2.24) is 4.90 Å². The molecule has 3 nitrogen and oxygen atoms in total. The number of hydrogen-bond donors (Lipinski definition) is 1. The lowest BCUT2D eigenvalue weighted by molar-refractivity contribution is -0.138. The molecule has 1 saturated carbocycles. The Bertz CT molecular complexity index is 261. The minimum Gasteiger partial charge on any atom is -0.481 e. The smallest absolute Gasteiger partial charge is 0.303 e. The maximum atomic E-state index is 10.7. The second kappa shape index (κ2) is 5.85. The molecule has 0 spiro atoms. The zero-order valence-electron chi connectivity index (χ0n) is 10.9. The van der Waals surface area contributed by atoms with Gasteiger partial charge in [0.15, 0.2) is 0 Å². The lowest BCUT2D eigenvalue weighted by atomic mass is 9.84. The van der Waals surface area contributed by atoms with Crippen LogP contribution in [0.25, 0.3) is 0 Å². The van der Waals surface area contributed by atoms with Crippen molar-refractivity contribution in [2.45, 2.75) is 57.9 Å². The fourth-order valence-corrected chi connectivity index (χ4v) is 3.56. The molecule has 0 amide bonds. The Morgan fingerprint density at radius 2 is 2.00 bits per heavy atom. The molecule has 17 heavy (non-hydrogen) atoms. The van der Waals surface area contributed by atoms with Crippen LogP contribution in [0.4, 0.5) is 0 Å². The highest BCUT2D eigenvalue weighted by Gasteiger charge is 2.31. The predicted octanol–water partition coefficient (Wildman–Crippen LogP) is 2.75. The van der Waals surface area contributed by atoms with E-state index in [1.807, 2.05) is 0 Å². The molecule has 0 aromatic rings. The Hall–Kier alpha value is -0.570. The minimum atomic E-state index is -0.637. The molecular weight excluding hydrogens is 214 g/mol. The van der Waals surface area contributed by atoms with Crippen molar-refractivity contribution in [1.29, 1.82) is 0 Å². The van der Waals surface area contributed by atoms with E-state index in [-0.39, 0.29) is 0 Å². The Morgan fingerprint density at radius 3 is 2.65 bits per heavy atom. The molecule has 0 aromatic carbocycles. The van der Waals surface area contributed by atoms with E-state index in [2.05, 4.69) is 11.8 Å². The highest BCUT2D eigenvalue weighted by molar-refractivity contribution is 5.67. The zero-order chi connectivity index (χ0) is 12.3. The van der Waals surface area contributed by atoms with E-state index in [1.54, 1.807) is 0 Å². The maximum Gasteiger partial charge on any atom is 0.303 e. The van der Waals surface area contributed by atoms with E-state index in [0.717, 1.165) is 25.4 Å². The van der Waals surface area contributed by atoms with Crippen LogP contribution < -0.4 is 0 Å². The van der Waals surface area contributed by atoms with E-state index in [0.29, 0.717) is 18.4 Å². The summed E-state index contributed by atoms with van der Waals surface area (Å²) in [4.78, 5) is 13.2. The van der Waals surface area contributed by atoms with E-state index >= 15 is 0 Å². The van der Waals surface area contributed by atoms with Crippen LogP contribution in [0.1, 0.15) is 51.9 Å². The molecule has 2 aliphatic rings. The van der Waals surface area contributed by atoms with Gasteiger partial charge in [0.1, 0.15) is 0 Å².